The van der Waals surface area contributed by atoms with E-state index in [1.54, 1.807) is 0 Å². The SMILES string of the molecule is N#CC(NCC1CCCO1)c1ccc(C2CC2)cc1. The number of benzene rings is 1. The van der Waals surface area contributed by atoms with Crippen LogP contribution in [-0.4, -0.2) is 19.3 Å². The molecule has 100 valence electrons. The summed E-state index contributed by atoms with van der Waals surface area (Å²) < 4.78 is 5.57. The molecule has 2 aliphatic rings. The first-order valence-corrected chi connectivity index (χ1v) is 7.21. The number of hydrogen-bond donors (Lipinski definition) is 1. The van der Waals surface area contributed by atoms with Crippen LogP contribution in [0.5, 0.6) is 0 Å². The van der Waals surface area contributed by atoms with Crippen LogP contribution in [-0.2, 0) is 4.74 Å². The van der Waals surface area contributed by atoms with E-state index in [0.717, 1.165) is 37.5 Å². The summed E-state index contributed by atoms with van der Waals surface area (Å²) in [7, 11) is 0. The summed E-state index contributed by atoms with van der Waals surface area (Å²) in [6.07, 6.45) is 5.16. The van der Waals surface area contributed by atoms with Crippen LogP contribution in [0.15, 0.2) is 24.3 Å². The fourth-order valence-corrected chi connectivity index (χ4v) is 2.67. The third kappa shape index (κ3) is 3.15. The molecule has 1 aromatic rings. The normalized spacial score (nSPS) is 24.1. The van der Waals surface area contributed by atoms with Gasteiger partial charge in [0, 0.05) is 13.2 Å². The molecule has 0 aromatic heterocycles. The van der Waals surface area contributed by atoms with E-state index in [1.807, 2.05) is 0 Å². The highest BCUT2D eigenvalue weighted by atomic mass is 16.5. The Morgan fingerprint density at radius 2 is 2.05 bits per heavy atom. The van der Waals surface area contributed by atoms with Gasteiger partial charge < -0.3 is 4.74 Å². The first-order chi connectivity index (χ1) is 9.36. The summed E-state index contributed by atoms with van der Waals surface area (Å²) in [6, 6.07) is 10.6. The molecule has 0 amide bonds. The van der Waals surface area contributed by atoms with Crippen molar-refractivity contribution in [2.45, 2.75) is 43.7 Å². The van der Waals surface area contributed by atoms with Gasteiger partial charge in [0.15, 0.2) is 0 Å². The Balaban J connectivity index is 1.59. The van der Waals surface area contributed by atoms with E-state index >= 15 is 0 Å². The third-order valence-corrected chi connectivity index (χ3v) is 4.02. The van der Waals surface area contributed by atoms with Crippen LogP contribution in [0.3, 0.4) is 0 Å². The molecule has 19 heavy (non-hydrogen) atoms. The van der Waals surface area contributed by atoms with Crippen molar-refractivity contribution < 1.29 is 4.74 Å². The van der Waals surface area contributed by atoms with Gasteiger partial charge >= 0.3 is 0 Å². The second-order valence-electron chi connectivity index (χ2n) is 5.55. The van der Waals surface area contributed by atoms with Crippen LogP contribution in [0.4, 0.5) is 0 Å². The molecule has 2 fully saturated rings. The highest BCUT2D eigenvalue weighted by Crippen LogP contribution is 2.40. The maximum Gasteiger partial charge on any atom is 0.121 e. The second-order valence-corrected chi connectivity index (χ2v) is 5.55. The fourth-order valence-electron chi connectivity index (χ4n) is 2.67. The van der Waals surface area contributed by atoms with Crippen LogP contribution >= 0.6 is 0 Å². The minimum Gasteiger partial charge on any atom is -0.377 e. The standard InChI is InChI=1S/C16H20N2O/c17-10-16(18-11-15-2-1-9-19-15)14-7-5-13(6-8-14)12-3-4-12/h5-8,12,15-16,18H,1-4,9,11H2. The maximum absolute atomic E-state index is 9.29. The van der Waals surface area contributed by atoms with Crippen molar-refractivity contribution in [1.29, 1.82) is 5.26 Å². The van der Waals surface area contributed by atoms with E-state index in [-0.39, 0.29) is 12.1 Å². The fraction of sp³-hybridized carbons (Fsp3) is 0.562. The van der Waals surface area contributed by atoms with Crippen LogP contribution in [0, 0.1) is 11.3 Å². The molecule has 1 aromatic carbocycles. The molecule has 0 bridgehead atoms. The molecule has 1 N–H and O–H groups in total. The van der Waals surface area contributed by atoms with Gasteiger partial charge in [-0.25, -0.2) is 0 Å². The molecule has 1 aliphatic carbocycles. The van der Waals surface area contributed by atoms with Gasteiger partial charge in [-0.2, -0.15) is 5.26 Å². The number of ether oxygens (including phenoxy) is 1. The lowest BCUT2D eigenvalue weighted by Gasteiger charge is -2.15. The second kappa shape index (κ2) is 5.73. The smallest absolute Gasteiger partial charge is 0.121 e. The molecule has 0 radical (unpaired) electrons. The third-order valence-electron chi connectivity index (χ3n) is 4.02. The predicted molar refractivity (Wildman–Crippen MR) is 73.7 cm³/mol. The minimum absolute atomic E-state index is 0.225. The van der Waals surface area contributed by atoms with Crippen LogP contribution in [0.1, 0.15) is 48.8 Å². The van der Waals surface area contributed by atoms with E-state index in [4.69, 9.17) is 4.74 Å². The summed E-state index contributed by atoms with van der Waals surface area (Å²) in [6.45, 7) is 1.63. The Bertz CT molecular complexity index is 453. The first kappa shape index (κ1) is 12.7. The van der Waals surface area contributed by atoms with E-state index in [9.17, 15) is 5.26 Å². The number of rotatable bonds is 5. The van der Waals surface area contributed by atoms with E-state index in [0.29, 0.717) is 0 Å². The highest BCUT2D eigenvalue weighted by Gasteiger charge is 2.23. The summed E-state index contributed by atoms with van der Waals surface area (Å²) in [5.41, 5.74) is 2.48. The zero-order valence-corrected chi connectivity index (χ0v) is 11.1. The Labute approximate surface area is 114 Å². The largest absolute Gasteiger partial charge is 0.377 e. The van der Waals surface area contributed by atoms with Gasteiger partial charge in [0.25, 0.3) is 0 Å². The van der Waals surface area contributed by atoms with Crippen molar-refractivity contribution in [3.63, 3.8) is 0 Å². The van der Waals surface area contributed by atoms with Crippen molar-refractivity contribution in [3.05, 3.63) is 35.4 Å². The van der Waals surface area contributed by atoms with Gasteiger partial charge in [-0.15, -0.1) is 0 Å². The van der Waals surface area contributed by atoms with Gasteiger partial charge in [-0.1, -0.05) is 24.3 Å². The first-order valence-electron chi connectivity index (χ1n) is 7.21. The van der Waals surface area contributed by atoms with Gasteiger partial charge in [0.05, 0.1) is 12.2 Å². The topological polar surface area (TPSA) is 45.0 Å². The molecule has 2 atom stereocenters. The molecule has 0 spiro atoms. The number of nitriles is 1. The molecule has 3 heteroatoms. The number of nitrogens with one attached hydrogen (secondary N) is 1. The van der Waals surface area contributed by atoms with Gasteiger partial charge in [-0.05, 0) is 42.7 Å². The van der Waals surface area contributed by atoms with E-state index < -0.39 is 0 Å². The molecular weight excluding hydrogens is 236 g/mol. The molecule has 1 heterocycles. The number of nitrogens with zero attached hydrogens (tertiary/aromatic N) is 1. The lowest BCUT2D eigenvalue weighted by atomic mass is 10.0. The van der Waals surface area contributed by atoms with Crippen LogP contribution in [0.2, 0.25) is 0 Å². The minimum atomic E-state index is -0.225. The quantitative estimate of drug-likeness (QED) is 0.881. The van der Waals surface area contributed by atoms with Crippen molar-refractivity contribution in [2.75, 3.05) is 13.2 Å². The Hall–Kier alpha value is -1.37. The summed E-state index contributed by atoms with van der Waals surface area (Å²) >= 11 is 0. The molecule has 2 unspecified atom stereocenters. The lowest BCUT2D eigenvalue weighted by molar-refractivity contribution is 0.109. The van der Waals surface area contributed by atoms with Gasteiger partial charge in [0.2, 0.25) is 0 Å². The number of hydrogen-bond acceptors (Lipinski definition) is 3. The Morgan fingerprint density at radius 3 is 2.63 bits per heavy atom. The average molecular weight is 256 g/mol. The Morgan fingerprint density at radius 1 is 1.26 bits per heavy atom. The van der Waals surface area contributed by atoms with Crippen molar-refractivity contribution >= 4 is 0 Å². The van der Waals surface area contributed by atoms with Crippen molar-refractivity contribution in [1.82, 2.24) is 5.32 Å². The molecular formula is C16H20N2O. The van der Waals surface area contributed by atoms with E-state index in [2.05, 4.69) is 35.7 Å². The van der Waals surface area contributed by atoms with Crippen molar-refractivity contribution in [2.24, 2.45) is 0 Å². The molecule has 3 rings (SSSR count). The van der Waals surface area contributed by atoms with Gasteiger partial charge in [-0.3, -0.25) is 5.32 Å². The van der Waals surface area contributed by atoms with Crippen LogP contribution in [0.25, 0.3) is 0 Å². The average Bonchev–Trinajstić information content (AvgIpc) is 3.17. The summed E-state index contributed by atoms with van der Waals surface area (Å²) in [4.78, 5) is 0. The predicted octanol–water partition coefficient (Wildman–Crippen LogP) is 2.90. The molecule has 1 saturated heterocycles. The van der Waals surface area contributed by atoms with Gasteiger partial charge in [0.1, 0.15) is 6.04 Å². The zero-order valence-electron chi connectivity index (χ0n) is 11.1. The molecule has 1 aliphatic heterocycles. The highest BCUT2D eigenvalue weighted by molar-refractivity contribution is 5.31. The van der Waals surface area contributed by atoms with E-state index in [1.165, 1.54) is 18.4 Å². The summed E-state index contributed by atoms with van der Waals surface area (Å²) in [5, 5.41) is 12.6. The molecule has 3 nitrogen and oxygen atoms in total. The van der Waals surface area contributed by atoms with Crippen molar-refractivity contribution in [3.8, 4) is 6.07 Å². The lowest BCUT2D eigenvalue weighted by Crippen LogP contribution is -2.29. The summed E-state index contributed by atoms with van der Waals surface area (Å²) in [5.74, 6) is 0.773. The molecule has 1 saturated carbocycles. The Kier molecular flexibility index (Phi) is 3.82. The zero-order chi connectivity index (χ0) is 13.1. The maximum atomic E-state index is 9.29. The van der Waals surface area contributed by atoms with Crippen LogP contribution < -0.4 is 5.32 Å². The monoisotopic (exact) mass is 256 g/mol.